The van der Waals surface area contributed by atoms with Gasteiger partial charge in [-0.3, -0.25) is 4.72 Å². The molecule has 2 N–H and O–H groups in total. The average molecular weight is 282 g/mol. The number of rotatable bonds is 3. The number of aryl methyl sites for hydroxylation is 1. The van der Waals surface area contributed by atoms with Crippen molar-refractivity contribution in [2.24, 2.45) is 0 Å². The minimum absolute atomic E-state index is 0.114. The van der Waals surface area contributed by atoms with E-state index in [1.807, 2.05) is 0 Å². The van der Waals surface area contributed by atoms with Crippen LogP contribution in [0.3, 0.4) is 0 Å². The lowest BCUT2D eigenvalue weighted by Gasteiger charge is -2.09. The lowest BCUT2D eigenvalue weighted by molar-refractivity contribution is 0.475. The molecule has 0 radical (unpaired) electrons. The van der Waals surface area contributed by atoms with Crippen molar-refractivity contribution >= 4 is 15.8 Å². The Morgan fingerprint density at radius 1 is 1.16 bits per heavy atom. The molecule has 19 heavy (non-hydrogen) atoms. The van der Waals surface area contributed by atoms with E-state index >= 15 is 0 Å². The van der Waals surface area contributed by atoms with Crippen molar-refractivity contribution in [2.45, 2.75) is 11.8 Å². The summed E-state index contributed by atoms with van der Waals surface area (Å²) < 4.78 is 38.9. The summed E-state index contributed by atoms with van der Waals surface area (Å²) in [5, 5.41) is 9.54. The van der Waals surface area contributed by atoms with Crippen LogP contribution in [0.1, 0.15) is 5.69 Å². The zero-order chi connectivity index (χ0) is 14.0. The van der Waals surface area contributed by atoms with Gasteiger partial charge in [-0.1, -0.05) is 0 Å². The van der Waals surface area contributed by atoms with Crippen molar-refractivity contribution in [1.29, 1.82) is 0 Å². The first kappa shape index (κ1) is 13.3. The highest BCUT2D eigenvalue weighted by atomic mass is 32.2. The van der Waals surface area contributed by atoms with Gasteiger partial charge in [0.1, 0.15) is 5.82 Å². The Balaban J connectivity index is 2.36. The first-order valence-corrected chi connectivity index (χ1v) is 6.82. The predicted molar refractivity (Wildman–Crippen MR) is 67.8 cm³/mol. The highest BCUT2D eigenvalue weighted by Crippen LogP contribution is 2.23. The van der Waals surface area contributed by atoms with Gasteiger partial charge in [0.25, 0.3) is 10.0 Å². The number of nitrogens with zero attached hydrogens (tertiary/aromatic N) is 1. The maximum absolute atomic E-state index is 12.8. The van der Waals surface area contributed by atoms with E-state index in [2.05, 4.69) is 9.71 Å². The lowest BCUT2D eigenvalue weighted by atomic mass is 10.3. The first-order chi connectivity index (χ1) is 8.88. The van der Waals surface area contributed by atoms with Crippen LogP contribution in [0, 0.1) is 12.7 Å². The van der Waals surface area contributed by atoms with Gasteiger partial charge < -0.3 is 5.11 Å². The molecule has 0 saturated carbocycles. The Hall–Kier alpha value is -2.15. The van der Waals surface area contributed by atoms with Crippen molar-refractivity contribution in [3.63, 3.8) is 0 Å². The molecule has 0 unspecified atom stereocenters. The minimum atomic E-state index is -3.91. The smallest absolute Gasteiger partial charge is 0.263 e. The van der Waals surface area contributed by atoms with E-state index in [-0.39, 0.29) is 16.5 Å². The van der Waals surface area contributed by atoms with Crippen LogP contribution in [-0.4, -0.2) is 18.5 Å². The molecule has 0 saturated heterocycles. The largest absolute Gasteiger partial charge is 0.504 e. The summed E-state index contributed by atoms with van der Waals surface area (Å²) in [6, 6.07) is 7.22. The Bertz CT molecular complexity index is 699. The summed E-state index contributed by atoms with van der Waals surface area (Å²) >= 11 is 0. The molecule has 100 valence electrons. The van der Waals surface area contributed by atoms with Crippen molar-refractivity contribution < 1.29 is 17.9 Å². The first-order valence-electron chi connectivity index (χ1n) is 5.33. The van der Waals surface area contributed by atoms with Crippen LogP contribution in [0.4, 0.5) is 10.2 Å². The standard InChI is InChI=1S/C12H11FN2O3S/c1-8-2-7-11(16)12(14-8)15-19(17,18)10-5-3-9(13)4-6-10/h2-7,16H,1H3,(H,14,15). The number of benzene rings is 1. The molecule has 0 fully saturated rings. The van der Waals surface area contributed by atoms with Crippen LogP contribution in [0.25, 0.3) is 0 Å². The number of aromatic nitrogens is 1. The van der Waals surface area contributed by atoms with Crippen molar-refractivity contribution in [3.05, 3.63) is 47.9 Å². The van der Waals surface area contributed by atoms with Crippen molar-refractivity contribution in [3.8, 4) is 5.75 Å². The lowest BCUT2D eigenvalue weighted by Crippen LogP contribution is -2.14. The Kier molecular flexibility index (Phi) is 3.39. The maximum atomic E-state index is 12.8. The van der Waals surface area contributed by atoms with E-state index in [4.69, 9.17) is 0 Å². The fraction of sp³-hybridized carbons (Fsp3) is 0.0833. The van der Waals surface area contributed by atoms with E-state index in [0.717, 1.165) is 24.3 Å². The number of anilines is 1. The van der Waals surface area contributed by atoms with Crippen molar-refractivity contribution in [1.82, 2.24) is 4.98 Å². The second-order valence-corrected chi connectivity index (χ2v) is 5.56. The second kappa shape index (κ2) is 4.85. The van der Waals surface area contributed by atoms with E-state index in [0.29, 0.717) is 5.69 Å². The number of hydrogen-bond donors (Lipinski definition) is 2. The third-order valence-electron chi connectivity index (χ3n) is 2.37. The van der Waals surface area contributed by atoms with Gasteiger partial charge in [-0.25, -0.2) is 17.8 Å². The van der Waals surface area contributed by atoms with E-state index in [1.54, 1.807) is 13.0 Å². The Morgan fingerprint density at radius 2 is 1.79 bits per heavy atom. The molecule has 0 bridgehead atoms. The molecule has 1 aromatic heterocycles. The van der Waals surface area contributed by atoms with E-state index in [1.165, 1.54) is 6.07 Å². The topological polar surface area (TPSA) is 79.3 Å². The van der Waals surface area contributed by atoms with Gasteiger partial charge in [-0.2, -0.15) is 0 Å². The molecular weight excluding hydrogens is 271 g/mol. The maximum Gasteiger partial charge on any atom is 0.263 e. The molecule has 0 aliphatic rings. The van der Waals surface area contributed by atoms with Crippen LogP contribution >= 0.6 is 0 Å². The van der Waals surface area contributed by atoms with Gasteiger partial charge in [0.05, 0.1) is 4.90 Å². The normalized spacial score (nSPS) is 11.3. The van der Waals surface area contributed by atoms with Crippen LogP contribution in [0.15, 0.2) is 41.3 Å². The van der Waals surface area contributed by atoms with Gasteiger partial charge >= 0.3 is 0 Å². The molecule has 0 atom stereocenters. The molecule has 2 rings (SSSR count). The van der Waals surface area contributed by atoms with E-state index < -0.39 is 15.8 Å². The highest BCUT2D eigenvalue weighted by Gasteiger charge is 2.17. The zero-order valence-corrected chi connectivity index (χ0v) is 10.8. The number of halogens is 1. The van der Waals surface area contributed by atoms with Gasteiger partial charge in [0.15, 0.2) is 11.6 Å². The van der Waals surface area contributed by atoms with Gasteiger partial charge in [0.2, 0.25) is 0 Å². The van der Waals surface area contributed by atoms with Gasteiger partial charge in [0, 0.05) is 5.69 Å². The number of aromatic hydroxyl groups is 1. The number of sulfonamides is 1. The zero-order valence-electron chi connectivity index (χ0n) is 9.96. The predicted octanol–water partition coefficient (Wildman–Crippen LogP) is 2.04. The summed E-state index contributed by atoms with van der Waals surface area (Å²) in [6.07, 6.45) is 0. The molecule has 0 aliphatic heterocycles. The second-order valence-electron chi connectivity index (χ2n) is 3.88. The highest BCUT2D eigenvalue weighted by molar-refractivity contribution is 7.92. The SMILES string of the molecule is Cc1ccc(O)c(NS(=O)(=O)c2ccc(F)cc2)n1. The number of nitrogens with one attached hydrogen (secondary N) is 1. The molecule has 1 aromatic carbocycles. The van der Waals surface area contributed by atoms with Gasteiger partial charge in [-0.15, -0.1) is 0 Å². The Morgan fingerprint density at radius 3 is 2.42 bits per heavy atom. The fourth-order valence-electron chi connectivity index (χ4n) is 1.42. The van der Waals surface area contributed by atoms with Crippen LogP contribution in [-0.2, 0) is 10.0 Å². The number of hydrogen-bond acceptors (Lipinski definition) is 4. The monoisotopic (exact) mass is 282 g/mol. The quantitative estimate of drug-likeness (QED) is 0.902. The molecule has 2 aromatic rings. The van der Waals surface area contributed by atoms with Gasteiger partial charge in [-0.05, 0) is 43.3 Å². The molecule has 7 heteroatoms. The van der Waals surface area contributed by atoms with Crippen LogP contribution < -0.4 is 4.72 Å². The third kappa shape index (κ3) is 3.00. The molecular formula is C12H11FN2O3S. The fourth-order valence-corrected chi connectivity index (χ4v) is 2.44. The minimum Gasteiger partial charge on any atom is -0.504 e. The summed E-state index contributed by atoms with van der Waals surface area (Å²) in [5.74, 6) is -0.976. The molecule has 1 heterocycles. The van der Waals surface area contributed by atoms with Crippen LogP contribution in [0.2, 0.25) is 0 Å². The summed E-state index contributed by atoms with van der Waals surface area (Å²) in [4.78, 5) is 3.77. The van der Waals surface area contributed by atoms with Crippen molar-refractivity contribution in [2.75, 3.05) is 4.72 Å². The molecule has 5 nitrogen and oxygen atoms in total. The van der Waals surface area contributed by atoms with Crippen LogP contribution in [0.5, 0.6) is 5.75 Å². The number of pyridine rings is 1. The Labute approximate surface area is 109 Å². The third-order valence-corrected chi connectivity index (χ3v) is 3.72. The molecule has 0 amide bonds. The summed E-state index contributed by atoms with van der Waals surface area (Å²) in [5.41, 5.74) is 0.551. The average Bonchev–Trinajstić information content (AvgIpc) is 2.34. The molecule has 0 aliphatic carbocycles. The molecule has 0 spiro atoms. The van der Waals surface area contributed by atoms with E-state index in [9.17, 15) is 17.9 Å². The summed E-state index contributed by atoms with van der Waals surface area (Å²) in [7, 11) is -3.91. The summed E-state index contributed by atoms with van der Waals surface area (Å²) in [6.45, 7) is 1.66.